The van der Waals surface area contributed by atoms with Crippen LogP contribution in [0.1, 0.15) is 6.92 Å². The number of thiol groups is 1. The lowest BCUT2D eigenvalue weighted by atomic mass is 10.8. The molecule has 0 saturated heterocycles. The normalized spacial score (nSPS) is 8.29. The highest BCUT2D eigenvalue weighted by atomic mass is 32.1. The summed E-state index contributed by atoms with van der Waals surface area (Å²) in [5.74, 6) is 0. The monoisotopic (exact) mass is 121 g/mol. The molecule has 0 spiro atoms. The van der Waals surface area contributed by atoms with Crippen LogP contribution in [0, 0.1) is 0 Å². The van der Waals surface area contributed by atoms with Gasteiger partial charge >= 0.3 is 6.09 Å². The van der Waals surface area contributed by atoms with Crippen LogP contribution in [-0.4, -0.2) is 22.0 Å². The number of hydrogen-bond donors (Lipinski definition) is 2. The van der Waals surface area contributed by atoms with Gasteiger partial charge in [0.25, 0.3) is 0 Å². The molecular weight excluding hydrogens is 114 g/mol. The van der Waals surface area contributed by atoms with Gasteiger partial charge in [-0.25, -0.2) is 4.79 Å². The first-order chi connectivity index (χ1) is 3.18. The molecule has 1 N–H and O–H groups in total. The number of carboxylic acid groups (broad SMARTS) is 1. The molecule has 4 heteroatoms. The molecule has 0 aliphatic rings. The molecule has 3 nitrogen and oxygen atoms in total. The van der Waals surface area contributed by atoms with Crippen molar-refractivity contribution in [2.45, 2.75) is 6.92 Å². The first kappa shape index (κ1) is 6.62. The van der Waals surface area contributed by atoms with Crippen molar-refractivity contribution in [2.75, 3.05) is 6.54 Å². The van der Waals surface area contributed by atoms with E-state index in [1.165, 1.54) is 0 Å². The van der Waals surface area contributed by atoms with Gasteiger partial charge in [0.1, 0.15) is 0 Å². The lowest BCUT2D eigenvalue weighted by Gasteiger charge is -2.04. The molecule has 0 atom stereocenters. The summed E-state index contributed by atoms with van der Waals surface area (Å²) in [5, 5.41) is 8.03. The number of amides is 1. The van der Waals surface area contributed by atoms with Gasteiger partial charge in [0.15, 0.2) is 0 Å². The summed E-state index contributed by atoms with van der Waals surface area (Å²) < 4.78 is 0.903. The van der Waals surface area contributed by atoms with Crippen LogP contribution >= 0.6 is 12.8 Å². The molecule has 0 aliphatic heterocycles. The first-order valence-corrected chi connectivity index (χ1v) is 2.27. The Kier molecular flexibility index (Phi) is 2.59. The molecule has 7 heavy (non-hydrogen) atoms. The molecule has 0 aromatic heterocycles. The van der Waals surface area contributed by atoms with Crippen molar-refractivity contribution in [1.29, 1.82) is 0 Å². The maximum Gasteiger partial charge on any atom is 0.417 e. The Bertz CT molecular complexity index is 75.3. The molecule has 0 unspecified atom stereocenters. The van der Waals surface area contributed by atoms with Crippen LogP contribution in [-0.2, 0) is 0 Å². The van der Waals surface area contributed by atoms with Gasteiger partial charge in [-0.2, -0.15) is 0 Å². The van der Waals surface area contributed by atoms with Gasteiger partial charge in [0.05, 0.1) is 0 Å². The summed E-state index contributed by atoms with van der Waals surface area (Å²) in [4.78, 5) is 9.78. The molecule has 0 fully saturated rings. The van der Waals surface area contributed by atoms with Crippen molar-refractivity contribution in [3.63, 3.8) is 0 Å². The third-order valence-electron chi connectivity index (χ3n) is 0.520. The van der Waals surface area contributed by atoms with E-state index in [9.17, 15) is 4.79 Å². The van der Waals surface area contributed by atoms with Crippen molar-refractivity contribution in [1.82, 2.24) is 4.31 Å². The topological polar surface area (TPSA) is 40.5 Å². The molecule has 0 aliphatic carbocycles. The van der Waals surface area contributed by atoms with Crippen LogP contribution in [0.15, 0.2) is 0 Å². The molecule has 0 radical (unpaired) electrons. The Balaban J connectivity index is 3.34. The van der Waals surface area contributed by atoms with Crippen LogP contribution in [0.2, 0.25) is 0 Å². The standard InChI is InChI=1S/C3H7NO2S/c1-2-4(7)3(5)6/h7H,2H2,1H3,(H,5,6). The van der Waals surface area contributed by atoms with E-state index in [0.29, 0.717) is 6.54 Å². The highest BCUT2D eigenvalue weighted by Gasteiger charge is 1.99. The van der Waals surface area contributed by atoms with Crippen LogP contribution in [0.3, 0.4) is 0 Å². The number of carbonyl (C=O) groups is 1. The lowest BCUT2D eigenvalue weighted by molar-refractivity contribution is 0.177. The Morgan fingerprint density at radius 1 is 2.00 bits per heavy atom. The fourth-order valence-electron chi connectivity index (χ4n) is 0.135. The predicted octanol–water partition coefficient (Wildman–Crippen LogP) is 0.831. The Morgan fingerprint density at radius 2 is 2.43 bits per heavy atom. The second-order valence-corrected chi connectivity index (χ2v) is 1.48. The first-order valence-electron chi connectivity index (χ1n) is 1.87. The van der Waals surface area contributed by atoms with Crippen LogP contribution in [0.5, 0.6) is 0 Å². The maximum atomic E-state index is 9.78. The van der Waals surface area contributed by atoms with Gasteiger partial charge < -0.3 is 5.11 Å². The van der Waals surface area contributed by atoms with E-state index in [1.807, 2.05) is 0 Å². The Morgan fingerprint density at radius 3 is 2.43 bits per heavy atom. The third kappa shape index (κ3) is 2.33. The zero-order valence-electron chi connectivity index (χ0n) is 3.96. The lowest BCUT2D eigenvalue weighted by Crippen LogP contribution is -2.17. The summed E-state index contributed by atoms with van der Waals surface area (Å²) >= 11 is 3.56. The van der Waals surface area contributed by atoms with Crippen molar-refractivity contribution < 1.29 is 9.90 Å². The summed E-state index contributed by atoms with van der Waals surface area (Å²) in [7, 11) is 0. The summed E-state index contributed by atoms with van der Waals surface area (Å²) in [6.45, 7) is 2.12. The Hall–Kier alpha value is -0.380. The molecular formula is C3H7NO2S. The number of nitrogens with zero attached hydrogens (tertiary/aromatic N) is 1. The van der Waals surface area contributed by atoms with Crippen molar-refractivity contribution in [3.8, 4) is 0 Å². The molecule has 42 valence electrons. The summed E-state index contributed by atoms with van der Waals surface area (Å²) in [6, 6.07) is 0. The van der Waals surface area contributed by atoms with E-state index < -0.39 is 6.09 Å². The van der Waals surface area contributed by atoms with E-state index >= 15 is 0 Å². The van der Waals surface area contributed by atoms with E-state index in [2.05, 4.69) is 12.8 Å². The van der Waals surface area contributed by atoms with E-state index in [1.54, 1.807) is 6.92 Å². The molecule has 0 rings (SSSR count). The second-order valence-electron chi connectivity index (χ2n) is 0.998. The third-order valence-corrected chi connectivity index (χ3v) is 0.974. The molecule has 1 amide bonds. The van der Waals surface area contributed by atoms with Crippen molar-refractivity contribution >= 4 is 18.9 Å². The second kappa shape index (κ2) is 2.74. The molecule has 0 aromatic rings. The van der Waals surface area contributed by atoms with E-state index in [0.717, 1.165) is 4.31 Å². The van der Waals surface area contributed by atoms with Crippen LogP contribution in [0.4, 0.5) is 4.79 Å². The zero-order valence-corrected chi connectivity index (χ0v) is 4.85. The minimum absolute atomic E-state index is 0.415. The summed E-state index contributed by atoms with van der Waals surface area (Å²) in [6.07, 6.45) is -1.01. The van der Waals surface area contributed by atoms with Gasteiger partial charge in [0.2, 0.25) is 0 Å². The average molecular weight is 121 g/mol. The highest BCUT2D eigenvalue weighted by Crippen LogP contribution is 1.89. The molecule has 0 heterocycles. The maximum absolute atomic E-state index is 9.78. The SMILES string of the molecule is CCN(S)C(=O)O. The average Bonchev–Trinajstić information content (AvgIpc) is 1.65. The summed E-state index contributed by atoms with van der Waals surface area (Å²) in [5.41, 5.74) is 0. The minimum Gasteiger partial charge on any atom is -0.464 e. The van der Waals surface area contributed by atoms with Crippen LogP contribution in [0.25, 0.3) is 0 Å². The Labute approximate surface area is 47.5 Å². The smallest absolute Gasteiger partial charge is 0.417 e. The molecule has 0 saturated carbocycles. The fourth-order valence-corrected chi connectivity index (χ4v) is 0.135. The largest absolute Gasteiger partial charge is 0.464 e. The van der Waals surface area contributed by atoms with Gasteiger partial charge in [-0.15, -0.1) is 0 Å². The molecule has 0 bridgehead atoms. The van der Waals surface area contributed by atoms with Gasteiger partial charge in [0, 0.05) is 6.54 Å². The molecule has 0 aromatic carbocycles. The van der Waals surface area contributed by atoms with Crippen molar-refractivity contribution in [2.24, 2.45) is 0 Å². The highest BCUT2D eigenvalue weighted by molar-refractivity contribution is 7.78. The zero-order chi connectivity index (χ0) is 5.86. The van der Waals surface area contributed by atoms with Gasteiger partial charge in [-0.3, -0.25) is 4.31 Å². The van der Waals surface area contributed by atoms with Gasteiger partial charge in [-0.1, -0.05) is 12.8 Å². The number of hydrogen-bond acceptors (Lipinski definition) is 2. The van der Waals surface area contributed by atoms with E-state index in [4.69, 9.17) is 5.11 Å². The van der Waals surface area contributed by atoms with E-state index in [-0.39, 0.29) is 0 Å². The van der Waals surface area contributed by atoms with Crippen LogP contribution < -0.4 is 0 Å². The quantitative estimate of drug-likeness (QED) is 0.504. The van der Waals surface area contributed by atoms with Gasteiger partial charge in [-0.05, 0) is 6.92 Å². The van der Waals surface area contributed by atoms with Crippen molar-refractivity contribution in [3.05, 3.63) is 0 Å². The number of rotatable bonds is 1. The predicted molar refractivity (Wildman–Crippen MR) is 29.4 cm³/mol. The fraction of sp³-hybridized carbons (Fsp3) is 0.667. The minimum atomic E-state index is -1.01.